The third kappa shape index (κ3) is 2.18. The topological polar surface area (TPSA) is 0 Å². The van der Waals surface area contributed by atoms with Crippen molar-refractivity contribution in [2.45, 2.75) is 36.7 Å². The Balaban J connectivity index is 2.17. The average Bonchev–Trinajstić information content (AvgIpc) is 2.76. The fraction of sp³-hybridized carbons (Fsp3) is 0.429. The summed E-state index contributed by atoms with van der Waals surface area (Å²) in [4.78, 5) is 0. The van der Waals surface area contributed by atoms with Gasteiger partial charge in [-0.2, -0.15) is 0 Å². The van der Waals surface area contributed by atoms with Crippen LogP contribution >= 0.6 is 0 Å². The first-order chi connectivity index (χ1) is 7.15. The fourth-order valence-electron chi connectivity index (χ4n) is 2.16. The molecule has 2 rings (SSSR count). The Morgan fingerprint density at radius 2 is 2.27 bits per heavy atom. The van der Waals surface area contributed by atoms with Crippen LogP contribution in [0.3, 0.4) is 0 Å². The van der Waals surface area contributed by atoms with Gasteiger partial charge in [0.15, 0.2) is 0 Å². The van der Waals surface area contributed by atoms with Crippen molar-refractivity contribution >= 4 is 0 Å². The standard InChI is InChI=1S/2C7H9.Zr/c1-6-4-3-5-7(6)2;1-2-7-5-3-4-6-7;/h3-5H,1-2H3;3,5H,2,4H2,1H3;. The zero-order valence-corrected chi connectivity index (χ0v) is 12.3. The SMILES string of the molecule is CCC1=[C]([Zr][C]2(C)C=CC=C2C)CC=C1. The predicted molar refractivity (Wildman–Crippen MR) is 62.3 cm³/mol. The van der Waals surface area contributed by atoms with Crippen LogP contribution in [-0.2, 0) is 23.2 Å². The summed E-state index contributed by atoms with van der Waals surface area (Å²) in [5, 5.41) is 0. The van der Waals surface area contributed by atoms with Crippen molar-refractivity contribution in [3.05, 3.63) is 44.8 Å². The number of hydrogen-bond donors (Lipinski definition) is 0. The second-order valence-electron chi connectivity index (χ2n) is 4.50. The second kappa shape index (κ2) is 4.38. The number of hydrogen-bond acceptors (Lipinski definition) is 0. The molecule has 1 heteroatoms. The Morgan fingerprint density at radius 1 is 1.47 bits per heavy atom. The molecule has 0 aromatic rings. The van der Waals surface area contributed by atoms with Crippen molar-refractivity contribution in [2.24, 2.45) is 0 Å². The summed E-state index contributed by atoms with van der Waals surface area (Å²) in [6.45, 7) is 6.99. The van der Waals surface area contributed by atoms with Crippen molar-refractivity contribution in [3.63, 3.8) is 0 Å². The van der Waals surface area contributed by atoms with Crippen molar-refractivity contribution in [3.8, 4) is 0 Å². The quantitative estimate of drug-likeness (QED) is 0.718. The van der Waals surface area contributed by atoms with Gasteiger partial charge in [0.05, 0.1) is 0 Å². The zero-order chi connectivity index (χ0) is 10.9. The van der Waals surface area contributed by atoms with Crippen LogP contribution in [-0.4, -0.2) is 0 Å². The maximum absolute atomic E-state index is 2.42. The van der Waals surface area contributed by atoms with Gasteiger partial charge in [-0.05, 0) is 0 Å². The summed E-state index contributed by atoms with van der Waals surface area (Å²) < 4.78 is 2.26. The van der Waals surface area contributed by atoms with Gasteiger partial charge in [-0.25, -0.2) is 0 Å². The molecule has 0 N–H and O–H groups in total. The molecule has 0 aromatic carbocycles. The predicted octanol–water partition coefficient (Wildman–Crippen LogP) is 4.39. The van der Waals surface area contributed by atoms with Gasteiger partial charge in [-0.15, -0.1) is 0 Å². The summed E-state index contributed by atoms with van der Waals surface area (Å²) in [5.41, 5.74) is 3.21. The molecule has 78 valence electrons. The van der Waals surface area contributed by atoms with Crippen LogP contribution in [0.15, 0.2) is 44.8 Å². The molecule has 0 fully saturated rings. The molecule has 1 atom stereocenters. The van der Waals surface area contributed by atoms with E-state index in [2.05, 4.69) is 51.2 Å². The van der Waals surface area contributed by atoms with Gasteiger partial charge in [-0.1, -0.05) is 0 Å². The first-order valence-corrected chi connectivity index (χ1v) is 8.15. The normalized spacial score (nSPS) is 28.9. The molecule has 0 saturated carbocycles. The first kappa shape index (κ1) is 11.3. The molecule has 0 radical (unpaired) electrons. The molecule has 0 saturated heterocycles. The van der Waals surface area contributed by atoms with Crippen LogP contribution in [0.25, 0.3) is 0 Å². The van der Waals surface area contributed by atoms with E-state index in [1.807, 2.05) is 3.28 Å². The van der Waals surface area contributed by atoms with E-state index in [1.54, 1.807) is 11.1 Å². The number of rotatable bonds is 3. The third-order valence-corrected chi connectivity index (χ3v) is 8.10. The van der Waals surface area contributed by atoms with E-state index in [9.17, 15) is 0 Å². The molecule has 0 bridgehead atoms. The van der Waals surface area contributed by atoms with Crippen molar-refractivity contribution in [1.82, 2.24) is 0 Å². The van der Waals surface area contributed by atoms with Gasteiger partial charge in [0, 0.05) is 0 Å². The van der Waals surface area contributed by atoms with Crippen LogP contribution in [0.2, 0.25) is 3.12 Å². The summed E-state index contributed by atoms with van der Waals surface area (Å²) in [5.74, 6) is 0. The molecule has 15 heavy (non-hydrogen) atoms. The Labute approximate surface area is 104 Å². The molecule has 1 unspecified atom stereocenters. The Hall–Kier alpha value is -0.157. The van der Waals surface area contributed by atoms with E-state index in [-0.39, 0.29) is 0 Å². The molecule has 2 aliphatic rings. The Kier molecular flexibility index (Phi) is 3.31. The fourth-order valence-corrected chi connectivity index (χ4v) is 6.40. The van der Waals surface area contributed by atoms with E-state index >= 15 is 0 Å². The van der Waals surface area contributed by atoms with Crippen LogP contribution in [0.4, 0.5) is 0 Å². The molecule has 0 aromatic heterocycles. The molecular formula is C14H18Zr. The third-order valence-electron chi connectivity index (χ3n) is 3.42. The molecule has 0 amide bonds. The van der Waals surface area contributed by atoms with Gasteiger partial charge in [0.25, 0.3) is 0 Å². The van der Waals surface area contributed by atoms with E-state index < -0.39 is 23.2 Å². The second-order valence-corrected chi connectivity index (χ2v) is 9.15. The van der Waals surface area contributed by atoms with E-state index in [1.165, 1.54) is 12.8 Å². The first-order valence-electron chi connectivity index (χ1n) is 5.69. The van der Waals surface area contributed by atoms with E-state index in [0.717, 1.165) is 0 Å². The average molecular weight is 278 g/mol. The van der Waals surface area contributed by atoms with Gasteiger partial charge in [0.1, 0.15) is 0 Å². The molecule has 0 heterocycles. The van der Waals surface area contributed by atoms with Crippen LogP contribution in [0.1, 0.15) is 33.6 Å². The molecule has 2 aliphatic carbocycles. The summed E-state index contributed by atoms with van der Waals surface area (Å²) in [6.07, 6.45) is 14.1. The van der Waals surface area contributed by atoms with Crippen LogP contribution in [0, 0.1) is 0 Å². The summed E-state index contributed by atoms with van der Waals surface area (Å²) in [6, 6.07) is 0. The van der Waals surface area contributed by atoms with Crippen LogP contribution < -0.4 is 0 Å². The zero-order valence-electron chi connectivity index (χ0n) is 9.80. The van der Waals surface area contributed by atoms with Gasteiger partial charge < -0.3 is 0 Å². The van der Waals surface area contributed by atoms with Crippen molar-refractivity contribution < 1.29 is 23.2 Å². The van der Waals surface area contributed by atoms with Gasteiger partial charge in [-0.3, -0.25) is 0 Å². The van der Waals surface area contributed by atoms with Crippen molar-refractivity contribution in [2.75, 3.05) is 0 Å². The minimum absolute atomic E-state index is 0.450. The van der Waals surface area contributed by atoms with E-state index in [4.69, 9.17) is 0 Å². The van der Waals surface area contributed by atoms with E-state index in [0.29, 0.717) is 3.12 Å². The molecule has 0 spiro atoms. The van der Waals surface area contributed by atoms with Crippen molar-refractivity contribution in [1.29, 1.82) is 0 Å². The summed E-state index contributed by atoms with van der Waals surface area (Å²) >= 11 is -0.484. The van der Waals surface area contributed by atoms with Gasteiger partial charge in [0.2, 0.25) is 0 Å². The van der Waals surface area contributed by atoms with Gasteiger partial charge >= 0.3 is 105 Å². The van der Waals surface area contributed by atoms with Crippen LogP contribution in [0.5, 0.6) is 0 Å². The molecule has 0 aliphatic heterocycles. The Bertz CT molecular complexity index is 382. The Morgan fingerprint density at radius 3 is 2.87 bits per heavy atom. The minimum atomic E-state index is -0.484. The molecule has 0 nitrogen and oxygen atoms in total. The maximum atomic E-state index is 2.42. The number of allylic oxidation sites excluding steroid dienone is 8. The monoisotopic (exact) mass is 276 g/mol. The molecular weight excluding hydrogens is 259 g/mol. The summed E-state index contributed by atoms with van der Waals surface area (Å²) in [7, 11) is 0.